The summed E-state index contributed by atoms with van der Waals surface area (Å²) in [4.78, 5) is 0. The summed E-state index contributed by atoms with van der Waals surface area (Å²) < 4.78 is 5.82. The molecule has 104 valence electrons. The van der Waals surface area contributed by atoms with Crippen LogP contribution in [0.25, 0.3) is 0 Å². The molecule has 1 atom stereocenters. The second-order valence-corrected chi connectivity index (χ2v) is 5.27. The number of aryl methyl sites for hydroxylation is 1. The van der Waals surface area contributed by atoms with Crippen molar-refractivity contribution in [3.05, 3.63) is 64.7 Å². The molecule has 0 spiro atoms. The van der Waals surface area contributed by atoms with Crippen LogP contribution in [0.1, 0.15) is 34.7 Å². The summed E-state index contributed by atoms with van der Waals surface area (Å²) in [6.45, 7) is 0.614. The highest BCUT2D eigenvalue weighted by Crippen LogP contribution is 2.32. The van der Waals surface area contributed by atoms with Gasteiger partial charge < -0.3 is 15.6 Å². The summed E-state index contributed by atoms with van der Waals surface area (Å²) in [5.41, 5.74) is 10.6. The van der Waals surface area contributed by atoms with Crippen molar-refractivity contribution in [2.45, 2.75) is 32.1 Å². The lowest BCUT2D eigenvalue weighted by atomic mass is 10.1. The highest BCUT2D eigenvalue weighted by Gasteiger charge is 2.18. The third kappa shape index (κ3) is 2.69. The first-order valence-electron chi connectivity index (χ1n) is 6.96. The third-order valence-corrected chi connectivity index (χ3v) is 3.85. The standard InChI is InChI=1S/C17H19NO2/c18-17-8-5-14-9-15(6-7-16(14)17)20-11-13-3-1-12(10-19)2-4-13/h1-4,6-7,9,17,19H,5,8,10-11,18H2. The average molecular weight is 269 g/mol. The molecule has 0 bridgehead atoms. The summed E-state index contributed by atoms with van der Waals surface area (Å²) in [7, 11) is 0. The number of aliphatic hydroxyl groups is 1. The van der Waals surface area contributed by atoms with Crippen molar-refractivity contribution in [3.63, 3.8) is 0 Å². The Kier molecular flexibility index (Phi) is 3.72. The lowest BCUT2D eigenvalue weighted by Crippen LogP contribution is -2.05. The molecule has 1 aliphatic rings. The zero-order valence-electron chi connectivity index (χ0n) is 11.4. The average Bonchev–Trinajstić information content (AvgIpc) is 2.87. The van der Waals surface area contributed by atoms with E-state index in [1.165, 1.54) is 11.1 Å². The molecule has 0 saturated heterocycles. The molecule has 3 nitrogen and oxygen atoms in total. The minimum absolute atomic E-state index is 0.0756. The van der Waals surface area contributed by atoms with Crippen LogP contribution in [0.15, 0.2) is 42.5 Å². The predicted octanol–water partition coefficient (Wildman–Crippen LogP) is 2.70. The highest BCUT2D eigenvalue weighted by molar-refractivity contribution is 5.40. The number of aliphatic hydroxyl groups excluding tert-OH is 1. The number of benzene rings is 2. The van der Waals surface area contributed by atoms with E-state index >= 15 is 0 Å². The highest BCUT2D eigenvalue weighted by atomic mass is 16.5. The van der Waals surface area contributed by atoms with Crippen LogP contribution in [0.4, 0.5) is 0 Å². The van der Waals surface area contributed by atoms with Gasteiger partial charge >= 0.3 is 0 Å². The van der Waals surface area contributed by atoms with Crippen LogP contribution in [-0.2, 0) is 19.6 Å². The predicted molar refractivity (Wildman–Crippen MR) is 78.4 cm³/mol. The van der Waals surface area contributed by atoms with Gasteiger partial charge in [0.05, 0.1) is 6.61 Å². The molecule has 0 radical (unpaired) electrons. The van der Waals surface area contributed by atoms with Gasteiger partial charge in [-0.15, -0.1) is 0 Å². The maximum Gasteiger partial charge on any atom is 0.120 e. The normalized spacial score (nSPS) is 17.0. The fraction of sp³-hybridized carbons (Fsp3) is 0.294. The van der Waals surface area contributed by atoms with Crippen LogP contribution in [-0.4, -0.2) is 5.11 Å². The summed E-state index contributed by atoms with van der Waals surface area (Å²) in [6, 6.07) is 14.2. The molecular formula is C17H19NO2. The van der Waals surface area contributed by atoms with Gasteiger partial charge in [-0.1, -0.05) is 30.3 Å². The smallest absolute Gasteiger partial charge is 0.120 e. The molecule has 2 aromatic carbocycles. The maximum atomic E-state index is 9.01. The van der Waals surface area contributed by atoms with E-state index in [0.29, 0.717) is 6.61 Å². The van der Waals surface area contributed by atoms with Crippen molar-refractivity contribution in [3.8, 4) is 5.75 Å². The minimum atomic E-state index is 0.0756. The number of fused-ring (bicyclic) bond motifs is 1. The van der Waals surface area contributed by atoms with E-state index in [0.717, 1.165) is 29.7 Å². The van der Waals surface area contributed by atoms with E-state index in [9.17, 15) is 0 Å². The van der Waals surface area contributed by atoms with Crippen LogP contribution < -0.4 is 10.5 Å². The SMILES string of the molecule is NC1CCc2cc(OCc3ccc(CO)cc3)ccc21. The molecular weight excluding hydrogens is 250 g/mol. The van der Waals surface area contributed by atoms with E-state index in [1.807, 2.05) is 30.3 Å². The van der Waals surface area contributed by atoms with Gasteiger partial charge in [-0.3, -0.25) is 0 Å². The van der Waals surface area contributed by atoms with Crippen LogP contribution in [0.3, 0.4) is 0 Å². The van der Waals surface area contributed by atoms with Crippen LogP contribution in [0.2, 0.25) is 0 Å². The summed E-state index contributed by atoms with van der Waals surface area (Å²) in [6.07, 6.45) is 2.07. The second kappa shape index (κ2) is 5.65. The molecule has 0 saturated carbocycles. The van der Waals surface area contributed by atoms with Crippen molar-refractivity contribution in [2.24, 2.45) is 5.73 Å². The Labute approximate surface area is 119 Å². The summed E-state index contributed by atoms with van der Waals surface area (Å²) >= 11 is 0. The third-order valence-electron chi connectivity index (χ3n) is 3.85. The topological polar surface area (TPSA) is 55.5 Å². The molecule has 3 rings (SSSR count). The number of hydrogen-bond donors (Lipinski definition) is 2. The van der Waals surface area contributed by atoms with Gasteiger partial charge in [0.25, 0.3) is 0 Å². The first kappa shape index (κ1) is 13.2. The maximum absolute atomic E-state index is 9.01. The quantitative estimate of drug-likeness (QED) is 0.897. The Morgan fingerprint density at radius 3 is 2.60 bits per heavy atom. The fourth-order valence-corrected chi connectivity index (χ4v) is 2.62. The first-order valence-corrected chi connectivity index (χ1v) is 6.96. The molecule has 2 aromatic rings. The van der Waals surface area contributed by atoms with Crippen LogP contribution in [0, 0.1) is 0 Å². The number of ether oxygens (including phenoxy) is 1. The van der Waals surface area contributed by atoms with Crippen molar-refractivity contribution in [1.29, 1.82) is 0 Å². The molecule has 0 heterocycles. The lowest BCUT2D eigenvalue weighted by molar-refractivity contribution is 0.281. The zero-order chi connectivity index (χ0) is 13.9. The van der Waals surface area contributed by atoms with Crippen molar-refractivity contribution in [2.75, 3.05) is 0 Å². The van der Waals surface area contributed by atoms with Crippen molar-refractivity contribution >= 4 is 0 Å². The van der Waals surface area contributed by atoms with Gasteiger partial charge in [0, 0.05) is 6.04 Å². The van der Waals surface area contributed by atoms with E-state index in [-0.39, 0.29) is 12.6 Å². The summed E-state index contributed by atoms with van der Waals surface area (Å²) in [5.74, 6) is 0.893. The number of nitrogens with two attached hydrogens (primary N) is 1. The van der Waals surface area contributed by atoms with Gasteiger partial charge in [-0.25, -0.2) is 0 Å². The zero-order valence-corrected chi connectivity index (χ0v) is 11.4. The molecule has 1 aliphatic carbocycles. The molecule has 0 aromatic heterocycles. The lowest BCUT2D eigenvalue weighted by Gasteiger charge is -2.09. The van der Waals surface area contributed by atoms with Gasteiger partial charge in [0.15, 0.2) is 0 Å². The Hall–Kier alpha value is -1.84. The molecule has 1 unspecified atom stereocenters. The van der Waals surface area contributed by atoms with Gasteiger partial charge in [0.2, 0.25) is 0 Å². The largest absolute Gasteiger partial charge is 0.489 e. The van der Waals surface area contributed by atoms with E-state index < -0.39 is 0 Å². The van der Waals surface area contributed by atoms with Crippen molar-refractivity contribution < 1.29 is 9.84 Å². The van der Waals surface area contributed by atoms with Gasteiger partial charge in [0.1, 0.15) is 12.4 Å². The Morgan fingerprint density at radius 2 is 1.85 bits per heavy atom. The first-order chi connectivity index (χ1) is 9.76. The van der Waals surface area contributed by atoms with Crippen molar-refractivity contribution in [1.82, 2.24) is 0 Å². The second-order valence-electron chi connectivity index (χ2n) is 5.27. The number of rotatable bonds is 4. The van der Waals surface area contributed by atoms with Crippen LogP contribution >= 0.6 is 0 Å². The Bertz CT molecular complexity index is 592. The van der Waals surface area contributed by atoms with E-state index in [4.69, 9.17) is 15.6 Å². The minimum Gasteiger partial charge on any atom is -0.489 e. The number of hydrogen-bond acceptors (Lipinski definition) is 3. The molecule has 3 N–H and O–H groups in total. The molecule has 0 aliphatic heterocycles. The van der Waals surface area contributed by atoms with Crippen LogP contribution in [0.5, 0.6) is 5.75 Å². The van der Waals surface area contributed by atoms with E-state index in [1.54, 1.807) is 0 Å². The Balaban J connectivity index is 1.66. The van der Waals surface area contributed by atoms with Gasteiger partial charge in [-0.05, 0) is 47.2 Å². The van der Waals surface area contributed by atoms with E-state index in [2.05, 4.69) is 12.1 Å². The molecule has 3 heteroatoms. The van der Waals surface area contributed by atoms with Gasteiger partial charge in [-0.2, -0.15) is 0 Å². The molecule has 0 fully saturated rings. The molecule has 20 heavy (non-hydrogen) atoms. The fourth-order valence-electron chi connectivity index (χ4n) is 2.62. The monoisotopic (exact) mass is 269 g/mol. The molecule has 0 amide bonds. The summed E-state index contributed by atoms with van der Waals surface area (Å²) in [5, 5.41) is 9.01. The Morgan fingerprint density at radius 1 is 1.10 bits per heavy atom.